The number of H-pyrrole nitrogens is 1. The molecule has 1 aromatic carbocycles. The van der Waals surface area contributed by atoms with E-state index in [-0.39, 0.29) is 11.9 Å². The highest BCUT2D eigenvalue weighted by Crippen LogP contribution is 2.41. The molecule has 4 heteroatoms. The summed E-state index contributed by atoms with van der Waals surface area (Å²) in [6, 6.07) is 6.76. The number of nitrogens with one attached hydrogen (secondary N) is 1. The monoisotopic (exact) mass is 310 g/mol. The molecule has 23 heavy (non-hydrogen) atoms. The van der Waals surface area contributed by atoms with Crippen molar-refractivity contribution in [3.05, 3.63) is 41.6 Å². The van der Waals surface area contributed by atoms with Crippen molar-refractivity contribution in [3.8, 4) is 0 Å². The Morgan fingerprint density at radius 3 is 3.09 bits per heavy atom. The van der Waals surface area contributed by atoms with E-state index in [2.05, 4.69) is 47.3 Å². The lowest BCUT2D eigenvalue weighted by molar-refractivity contribution is -0.144. The molecule has 0 amide bonds. The summed E-state index contributed by atoms with van der Waals surface area (Å²) in [5.74, 6) is -0.308. The van der Waals surface area contributed by atoms with Gasteiger partial charge in [0.15, 0.2) is 0 Å². The summed E-state index contributed by atoms with van der Waals surface area (Å²) in [5, 5.41) is 1.32. The van der Waals surface area contributed by atoms with Crippen molar-refractivity contribution in [3.63, 3.8) is 0 Å². The first-order valence-electron chi connectivity index (χ1n) is 8.36. The molecule has 2 aliphatic rings. The summed E-state index contributed by atoms with van der Waals surface area (Å²) in [6.07, 6.45) is 6.38. The van der Waals surface area contributed by atoms with Crippen LogP contribution in [0.1, 0.15) is 24.5 Å². The highest BCUT2D eigenvalue weighted by molar-refractivity contribution is 5.99. The van der Waals surface area contributed by atoms with Crippen LogP contribution in [0.5, 0.6) is 0 Å². The maximum atomic E-state index is 12.1. The molecule has 1 aliphatic heterocycles. The third kappa shape index (κ3) is 2.20. The molecule has 0 saturated carbocycles. The van der Waals surface area contributed by atoms with Gasteiger partial charge < -0.3 is 9.72 Å². The smallest absolute Gasteiger partial charge is 0.313 e. The molecule has 0 radical (unpaired) electrons. The van der Waals surface area contributed by atoms with Crippen LogP contribution in [-0.4, -0.2) is 42.1 Å². The molecule has 0 bridgehead atoms. The van der Waals surface area contributed by atoms with Gasteiger partial charge in [0.05, 0.1) is 13.0 Å². The fourth-order valence-corrected chi connectivity index (χ4v) is 4.16. The lowest BCUT2D eigenvalue weighted by Gasteiger charge is -2.41. The molecule has 2 heterocycles. The van der Waals surface area contributed by atoms with E-state index in [0.717, 1.165) is 25.9 Å². The number of rotatable bonds is 3. The Morgan fingerprint density at radius 1 is 1.43 bits per heavy atom. The molecule has 0 spiro atoms. The van der Waals surface area contributed by atoms with Crippen molar-refractivity contribution in [2.45, 2.75) is 25.8 Å². The number of esters is 1. The number of ether oxygens (including phenoxy) is 1. The van der Waals surface area contributed by atoms with Crippen molar-refractivity contribution in [1.29, 1.82) is 0 Å². The minimum absolute atomic E-state index is 0.135. The van der Waals surface area contributed by atoms with Gasteiger partial charge in [0.25, 0.3) is 0 Å². The number of methoxy groups -OCH3 is 1. The SMILES string of the molecule is CCCN1CC(C(=O)OC)C=C2c3cccc4[nH]cc(c34)CC21. The average molecular weight is 310 g/mol. The van der Waals surface area contributed by atoms with Crippen LogP contribution < -0.4 is 0 Å². The highest BCUT2D eigenvalue weighted by Gasteiger charge is 2.37. The van der Waals surface area contributed by atoms with Gasteiger partial charge in [0.1, 0.15) is 0 Å². The Hall–Kier alpha value is -2.07. The molecule has 4 rings (SSSR count). The Morgan fingerprint density at radius 2 is 2.30 bits per heavy atom. The van der Waals surface area contributed by atoms with E-state index in [4.69, 9.17) is 4.74 Å². The molecule has 4 nitrogen and oxygen atoms in total. The Labute approximate surface area is 136 Å². The number of hydrogen-bond acceptors (Lipinski definition) is 3. The maximum Gasteiger partial charge on any atom is 0.313 e. The molecule has 120 valence electrons. The predicted octanol–water partition coefficient (Wildman–Crippen LogP) is 2.99. The number of carbonyl (C=O) groups is 1. The van der Waals surface area contributed by atoms with Gasteiger partial charge in [-0.15, -0.1) is 0 Å². The molecule has 2 aromatic rings. The van der Waals surface area contributed by atoms with Gasteiger partial charge in [0.2, 0.25) is 0 Å². The molecular formula is C19H22N2O2. The number of aromatic amines is 1. The van der Waals surface area contributed by atoms with Crippen LogP contribution in [0.3, 0.4) is 0 Å². The van der Waals surface area contributed by atoms with Crippen LogP contribution in [0, 0.1) is 5.92 Å². The predicted molar refractivity (Wildman–Crippen MR) is 91.1 cm³/mol. The van der Waals surface area contributed by atoms with Crippen molar-refractivity contribution in [1.82, 2.24) is 9.88 Å². The summed E-state index contributed by atoms with van der Waals surface area (Å²) < 4.78 is 5.01. The van der Waals surface area contributed by atoms with Crippen LogP contribution in [0.2, 0.25) is 0 Å². The summed E-state index contributed by atoms with van der Waals surface area (Å²) in [6.45, 7) is 3.95. The molecule has 2 unspecified atom stereocenters. The molecule has 1 N–H and O–H groups in total. The summed E-state index contributed by atoms with van der Waals surface area (Å²) in [7, 11) is 1.48. The molecule has 2 atom stereocenters. The minimum atomic E-state index is -0.173. The topological polar surface area (TPSA) is 45.3 Å². The molecule has 0 fully saturated rings. The van der Waals surface area contributed by atoms with Crippen LogP contribution in [-0.2, 0) is 16.0 Å². The molecule has 1 aromatic heterocycles. The second-order valence-corrected chi connectivity index (χ2v) is 6.51. The summed E-state index contributed by atoms with van der Waals surface area (Å²) in [4.78, 5) is 18.0. The second-order valence-electron chi connectivity index (χ2n) is 6.51. The molecule has 0 saturated heterocycles. The summed E-state index contributed by atoms with van der Waals surface area (Å²) >= 11 is 0. The normalized spacial score (nSPS) is 23.5. The van der Waals surface area contributed by atoms with Crippen LogP contribution in [0.25, 0.3) is 16.5 Å². The van der Waals surface area contributed by atoms with E-state index in [1.54, 1.807) is 0 Å². The van der Waals surface area contributed by atoms with E-state index in [0.29, 0.717) is 6.04 Å². The van der Waals surface area contributed by atoms with E-state index in [1.807, 2.05) is 0 Å². The second kappa shape index (κ2) is 5.53. The van der Waals surface area contributed by atoms with Crippen molar-refractivity contribution in [2.75, 3.05) is 20.2 Å². The van der Waals surface area contributed by atoms with E-state index in [9.17, 15) is 4.79 Å². The van der Waals surface area contributed by atoms with Gasteiger partial charge in [-0.2, -0.15) is 0 Å². The average Bonchev–Trinajstić information content (AvgIpc) is 2.99. The highest BCUT2D eigenvalue weighted by atomic mass is 16.5. The number of aromatic nitrogens is 1. The Balaban J connectivity index is 1.86. The van der Waals surface area contributed by atoms with E-state index >= 15 is 0 Å². The quantitative estimate of drug-likeness (QED) is 0.887. The first-order valence-corrected chi connectivity index (χ1v) is 8.36. The molecular weight excluding hydrogens is 288 g/mol. The first-order chi connectivity index (χ1) is 11.2. The van der Waals surface area contributed by atoms with Crippen LogP contribution >= 0.6 is 0 Å². The zero-order chi connectivity index (χ0) is 16.0. The minimum Gasteiger partial charge on any atom is -0.469 e. The van der Waals surface area contributed by atoms with Gasteiger partial charge >= 0.3 is 5.97 Å². The zero-order valence-corrected chi connectivity index (χ0v) is 13.6. The Kier molecular flexibility index (Phi) is 3.49. The number of hydrogen-bond donors (Lipinski definition) is 1. The third-order valence-electron chi connectivity index (χ3n) is 5.14. The van der Waals surface area contributed by atoms with E-state index in [1.165, 1.54) is 34.7 Å². The standard InChI is InChI=1S/C19H22N2O2/c1-3-7-21-11-13(19(22)23-2)8-15-14-5-4-6-16-18(14)12(10-20-16)9-17(15)21/h4-6,8,10,13,17,20H,3,7,9,11H2,1-2H3. The number of nitrogens with zero attached hydrogens (tertiary/aromatic N) is 1. The molecule has 1 aliphatic carbocycles. The van der Waals surface area contributed by atoms with Crippen molar-refractivity contribution < 1.29 is 9.53 Å². The van der Waals surface area contributed by atoms with Crippen LogP contribution in [0.15, 0.2) is 30.5 Å². The van der Waals surface area contributed by atoms with Gasteiger partial charge in [-0.25, -0.2) is 0 Å². The summed E-state index contributed by atoms with van der Waals surface area (Å²) in [5.41, 5.74) is 5.12. The third-order valence-corrected chi connectivity index (χ3v) is 5.14. The Bertz CT molecular complexity index is 790. The number of benzene rings is 1. The van der Waals surface area contributed by atoms with Crippen LogP contribution in [0.4, 0.5) is 0 Å². The number of carbonyl (C=O) groups excluding carboxylic acids is 1. The van der Waals surface area contributed by atoms with Gasteiger partial charge in [-0.05, 0) is 42.2 Å². The fourth-order valence-electron chi connectivity index (χ4n) is 4.16. The van der Waals surface area contributed by atoms with Gasteiger partial charge in [0, 0.05) is 29.7 Å². The maximum absolute atomic E-state index is 12.1. The zero-order valence-electron chi connectivity index (χ0n) is 13.6. The van der Waals surface area contributed by atoms with Gasteiger partial charge in [-0.1, -0.05) is 25.1 Å². The van der Waals surface area contributed by atoms with E-state index < -0.39 is 0 Å². The van der Waals surface area contributed by atoms with Crippen molar-refractivity contribution >= 4 is 22.4 Å². The first kappa shape index (κ1) is 14.5. The number of fused-ring (bicyclic) bond motifs is 2. The lowest BCUT2D eigenvalue weighted by Crippen LogP contribution is -2.47. The lowest BCUT2D eigenvalue weighted by atomic mass is 9.79. The fraction of sp³-hybridized carbons (Fsp3) is 0.421. The van der Waals surface area contributed by atoms with Crippen molar-refractivity contribution in [2.24, 2.45) is 5.92 Å². The largest absolute Gasteiger partial charge is 0.469 e. The van der Waals surface area contributed by atoms with Gasteiger partial charge in [-0.3, -0.25) is 9.69 Å².